The van der Waals surface area contributed by atoms with Gasteiger partial charge in [0.05, 0.1) is 39.9 Å². The molecule has 0 heterocycles. The summed E-state index contributed by atoms with van der Waals surface area (Å²) in [6, 6.07) is -0.855. The number of allylic oxidation sites excluding steroid dienone is 9. The molecule has 0 aliphatic heterocycles. The topological polar surface area (TPSA) is 105 Å². The molecule has 3 N–H and O–H groups in total. The Morgan fingerprint density at radius 1 is 0.500 bits per heavy atom. The van der Waals surface area contributed by atoms with E-state index in [0.29, 0.717) is 17.4 Å². The van der Waals surface area contributed by atoms with E-state index < -0.39 is 20.0 Å². The molecule has 0 spiro atoms. The van der Waals surface area contributed by atoms with Gasteiger partial charge in [0.15, 0.2) is 0 Å². The predicted octanol–water partition coefficient (Wildman–Crippen LogP) is 18.1. The van der Waals surface area contributed by atoms with Crippen LogP contribution in [0, 0.1) is 0 Å². The van der Waals surface area contributed by atoms with Crippen molar-refractivity contribution in [2.24, 2.45) is 0 Å². The fourth-order valence-electron chi connectivity index (χ4n) is 8.62. The number of nitrogens with one attached hydrogen (secondary N) is 1. The van der Waals surface area contributed by atoms with Crippen LogP contribution in [-0.4, -0.2) is 73.4 Å². The van der Waals surface area contributed by atoms with E-state index in [0.717, 1.165) is 70.6 Å². The van der Waals surface area contributed by atoms with Gasteiger partial charge in [-0.05, 0) is 57.8 Å². The van der Waals surface area contributed by atoms with Crippen molar-refractivity contribution in [1.29, 1.82) is 0 Å². The molecule has 0 aliphatic rings. The van der Waals surface area contributed by atoms with Gasteiger partial charge in [-0.1, -0.05) is 267 Å². The highest BCUT2D eigenvalue weighted by Crippen LogP contribution is 2.43. The van der Waals surface area contributed by atoms with Crippen molar-refractivity contribution < 1.29 is 32.9 Å². The van der Waals surface area contributed by atoms with Gasteiger partial charge in [-0.2, -0.15) is 0 Å². The Kier molecular flexibility index (Phi) is 50.7. The number of hydrogen-bond acceptors (Lipinski definition) is 5. The molecule has 0 radical (unpaired) electrons. The summed E-state index contributed by atoms with van der Waals surface area (Å²) in [6.45, 7) is 4.72. The van der Waals surface area contributed by atoms with Crippen molar-refractivity contribution >= 4 is 13.7 Å². The van der Waals surface area contributed by atoms with Crippen LogP contribution in [0.25, 0.3) is 0 Å². The van der Waals surface area contributed by atoms with Crippen molar-refractivity contribution in [3.05, 3.63) is 60.8 Å². The largest absolute Gasteiger partial charge is 0.472 e. The number of amides is 1. The predicted molar refractivity (Wildman–Crippen MR) is 304 cm³/mol. The molecule has 0 bridgehead atoms. The van der Waals surface area contributed by atoms with Gasteiger partial charge in [0.1, 0.15) is 13.2 Å². The number of aliphatic hydroxyl groups excluding tert-OH is 1. The van der Waals surface area contributed by atoms with E-state index in [4.69, 9.17) is 9.05 Å². The van der Waals surface area contributed by atoms with Crippen LogP contribution in [-0.2, 0) is 18.4 Å². The first-order chi connectivity index (χ1) is 34.0. The van der Waals surface area contributed by atoms with E-state index in [1.807, 2.05) is 27.2 Å². The van der Waals surface area contributed by atoms with E-state index in [1.54, 1.807) is 6.08 Å². The Balaban J connectivity index is 4.20. The molecule has 0 saturated carbocycles. The van der Waals surface area contributed by atoms with Gasteiger partial charge in [-0.3, -0.25) is 13.8 Å². The number of phosphoric ester groups is 1. The van der Waals surface area contributed by atoms with Crippen LogP contribution in [0.15, 0.2) is 60.8 Å². The van der Waals surface area contributed by atoms with Crippen LogP contribution in [0.5, 0.6) is 0 Å². The van der Waals surface area contributed by atoms with Gasteiger partial charge in [-0.15, -0.1) is 0 Å². The maximum Gasteiger partial charge on any atom is 0.472 e. The smallest absolute Gasteiger partial charge is 0.387 e. The van der Waals surface area contributed by atoms with Gasteiger partial charge in [-0.25, -0.2) is 4.57 Å². The second kappa shape index (κ2) is 52.1. The lowest BCUT2D eigenvalue weighted by Gasteiger charge is -2.25. The maximum atomic E-state index is 13.0. The number of hydrogen-bond donors (Lipinski definition) is 3. The monoisotopic (exact) mass is 1000 g/mol. The zero-order chi connectivity index (χ0) is 51.3. The van der Waals surface area contributed by atoms with Gasteiger partial charge < -0.3 is 19.8 Å². The van der Waals surface area contributed by atoms with Crippen LogP contribution in [0.3, 0.4) is 0 Å². The Hall–Kier alpha value is -1.80. The van der Waals surface area contributed by atoms with Crippen molar-refractivity contribution in [3.63, 3.8) is 0 Å². The number of carbonyl (C=O) groups excluding carboxylic acids is 1. The van der Waals surface area contributed by atoms with Crippen molar-refractivity contribution in [3.8, 4) is 0 Å². The third-order valence-corrected chi connectivity index (χ3v) is 14.2. The molecule has 0 rings (SSSR count). The van der Waals surface area contributed by atoms with Gasteiger partial charge in [0, 0.05) is 6.42 Å². The van der Waals surface area contributed by atoms with Crippen LogP contribution < -0.4 is 5.32 Å². The number of aliphatic hydroxyl groups is 1. The summed E-state index contributed by atoms with van der Waals surface area (Å²) in [6.07, 6.45) is 70.4. The normalized spacial score (nSPS) is 14.3. The molecule has 0 aromatic carbocycles. The standard InChI is InChI=1S/C61H115N2O6P/c1-6-8-10-12-14-16-18-20-22-24-26-28-29-30-31-32-33-35-36-38-40-42-44-46-48-50-52-54-60(64)59(58-69-70(66,67)68-57-56-63(3,4)5)62-61(65)55-53-51-49-47-45-43-41-39-37-34-27-25-23-21-19-17-15-13-11-9-7-2/h9,11,15,17,21,23,27,34,52,54,59-60,64H,6-8,10,12-14,16,18-20,22,24-26,28-33,35-51,53,55-58H2,1-5H3,(H-,62,65,66,67)/p+1/b11-9-,17-15-,23-21-,34-27-,54-52+. The minimum absolute atomic E-state index is 0.0579. The summed E-state index contributed by atoms with van der Waals surface area (Å²) in [4.78, 5) is 23.3. The summed E-state index contributed by atoms with van der Waals surface area (Å²) in [5.74, 6) is -0.184. The first-order valence-electron chi connectivity index (χ1n) is 29.7. The third-order valence-electron chi connectivity index (χ3n) is 13.2. The SMILES string of the molecule is CC/C=C\C/C=C\C/C=C\C/C=C\CCCCCCCCCCC(=O)NC(COP(=O)(O)OCC[N+](C)(C)C)C(O)/C=C/CCCCCCCCCCCCCCCCCCCCCCCCCCC. The number of quaternary nitrogens is 1. The van der Waals surface area contributed by atoms with E-state index in [9.17, 15) is 19.4 Å². The molecule has 3 atom stereocenters. The number of phosphoric acid groups is 1. The van der Waals surface area contributed by atoms with E-state index in [2.05, 4.69) is 67.8 Å². The van der Waals surface area contributed by atoms with E-state index >= 15 is 0 Å². The maximum absolute atomic E-state index is 13.0. The third kappa shape index (κ3) is 54.0. The lowest BCUT2D eigenvalue weighted by atomic mass is 10.0. The molecule has 0 saturated heterocycles. The molecule has 0 fully saturated rings. The number of likely N-dealkylation sites (N-methyl/N-ethyl adjacent to an activating group) is 1. The Morgan fingerprint density at radius 2 is 0.857 bits per heavy atom. The van der Waals surface area contributed by atoms with Crippen molar-refractivity contribution in [2.45, 2.75) is 283 Å². The molecule has 1 amide bonds. The second-order valence-electron chi connectivity index (χ2n) is 21.3. The minimum Gasteiger partial charge on any atom is -0.387 e. The van der Waals surface area contributed by atoms with E-state index in [-0.39, 0.29) is 19.1 Å². The highest BCUT2D eigenvalue weighted by atomic mass is 31.2. The lowest BCUT2D eigenvalue weighted by molar-refractivity contribution is -0.870. The number of carbonyl (C=O) groups is 1. The Labute approximate surface area is 434 Å². The lowest BCUT2D eigenvalue weighted by Crippen LogP contribution is -2.45. The minimum atomic E-state index is -4.35. The summed E-state index contributed by atoms with van der Waals surface area (Å²) in [7, 11) is 1.57. The molecule has 0 aromatic rings. The Morgan fingerprint density at radius 3 is 1.26 bits per heavy atom. The quantitative estimate of drug-likeness (QED) is 0.0243. The average molecular weight is 1000 g/mol. The fourth-order valence-corrected chi connectivity index (χ4v) is 9.36. The zero-order valence-electron chi connectivity index (χ0n) is 46.8. The molecule has 3 unspecified atom stereocenters. The van der Waals surface area contributed by atoms with Crippen LogP contribution in [0.1, 0.15) is 271 Å². The van der Waals surface area contributed by atoms with Crippen molar-refractivity contribution in [2.75, 3.05) is 40.9 Å². The molecular weight excluding hydrogens is 888 g/mol. The molecule has 9 heteroatoms. The number of nitrogens with zero attached hydrogens (tertiary/aromatic N) is 1. The molecule has 70 heavy (non-hydrogen) atoms. The summed E-state index contributed by atoms with van der Waals surface area (Å²) >= 11 is 0. The van der Waals surface area contributed by atoms with Crippen LogP contribution >= 0.6 is 7.82 Å². The van der Waals surface area contributed by atoms with Crippen molar-refractivity contribution in [1.82, 2.24) is 5.32 Å². The zero-order valence-corrected chi connectivity index (χ0v) is 47.7. The van der Waals surface area contributed by atoms with Crippen LogP contribution in [0.2, 0.25) is 0 Å². The fraction of sp³-hybridized carbons (Fsp3) is 0.820. The first kappa shape index (κ1) is 68.2. The molecular formula is C61H116N2O6P+. The molecule has 8 nitrogen and oxygen atoms in total. The van der Waals surface area contributed by atoms with Crippen LogP contribution in [0.4, 0.5) is 0 Å². The highest BCUT2D eigenvalue weighted by molar-refractivity contribution is 7.47. The first-order valence-corrected chi connectivity index (χ1v) is 31.2. The molecule has 0 aromatic heterocycles. The van der Waals surface area contributed by atoms with Gasteiger partial charge >= 0.3 is 7.82 Å². The Bertz CT molecular complexity index is 1320. The summed E-state index contributed by atoms with van der Waals surface area (Å²) in [5, 5.41) is 14.0. The second-order valence-corrected chi connectivity index (χ2v) is 22.8. The highest BCUT2D eigenvalue weighted by Gasteiger charge is 2.27. The number of unbranched alkanes of at least 4 members (excludes halogenated alkanes) is 33. The average Bonchev–Trinajstić information content (AvgIpc) is 3.32. The molecule has 410 valence electrons. The number of rotatable bonds is 54. The van der Waals surface area contributed by atoms with Gasteiger partial charge in [0.2, 0.25) is 5.91 Å². The summed E-state index contributed by atoms with van der Waals surface area (Å²) < 4.78 is 23.7. The van der Waals surface area contributed by atoms with E-state index in [1.165, 1.54) is 180 Å². The summed E-state index contributed by atoms with van der Waals surface area (Å²) in [5.41, 5.74) is 0. The molecule has 0 aliphatic carbocycles. The van der Waals surface area contributed by atoms with Gasteiger partial charge in [0.25, 0.3) is 0 Å².